The summed E-state index contributed by atoms with van der Waals surface area (Å²) in [6.45, 7) is 3.81. The van der Waals surface area contributed by atoms with Gasteiger partial charge in [0.25, 0.3) is 0 Å². The Morgan fingerprint density at radius 2 is 1.82 bits per heavy atom. The molecule has 1 unspecified atom stereocenters. The maximum Gasteiger partial charge on any atom is -0.00484 e. The van der Waals surface area contributed by atoms with Gasteiger partial charge < -0.3 is 11.5 Å². The molecule has 0 radical (unpaired) electrons. The van der Waals surface area contributed by atoms with Crippen LogP contribution in [0.25, 0.3) is 0 Å². The summed E-state index contributed by atoms with van der Waals surface area (Å²) < 4.78 is 0. The average Bonchev–Trinajstić information content (AvgIpc) is 2.03. The van der Waals surface area contributed by atoms with E-state index in [-0.39, 0.29) is 0 Å². The minimum Gasteiger partial charge on any atom is -0.330 e. The minimum absolute atomic E-state index is 0.673. The lowest BCUT2D eigenvalue weighted by atomic mass is 9.98. The Balaban J connectivity index is 3.20. The fourth-order valence-electron chi connectivity index (χ4n) is 1.30. The van der Waals surface area contributed by atoms with Crippen LogP contribution in [0, 0.1) is 5.92 Å². The molecule has 0 amide bonds. The van der Waals surface area contributed by atoms with Gasteiger partial charge >= 0.3 is 0 Å². The highest BCUT2D eigenvalue weighted by Crippen LogP contribution is 2.11. The van der Waals surface area contributed by atoms with Gasteiger partial charge in [-0.1, -0.05) is 26.2 Å². The van der Waals surface area contributed by atoms with Gasteiger partial charge in [-0.3, -0.25) is 0 Å². The molecule has 11 heavy (non-hydrogen) atoms. The summed E-state index contributed by atoms with van der Waals surface area (Å²) in [5.74, 6) is 0.673. The van der Waals surface area contributed by atoms with Crippen molar-refractivity contribution in [2.75, 3.05) is 13.1 Å². The van der Waals surface area contributed by atoms with Gasteiger partial charge in [-0.25, -0.2) is 0 Å². The van der Waals surface area contributed by atoms with Crippen molar-refractivity contribution in [2.24, 2.45) is 17.4 Å². The van der Waals surface area contributed by atoms with Crippen LogP contribution in [-0.2, 0) is 0 Å². The normalized spacial score (nSPS) is 13.4. The summed E-state index contributed by atoms with van der Waals surface area (Å²) in [4.78, 5) is 0. The van der Waals surface area contributed by atoms with Crippen LogP contribution < -0.4 is 11.5 Å². The lowest BCUT2D eigenvalue weighted by Gasteiger charge is -2.12. The van der Waals surface area contributed by atoms with Crippen molar-refractivity contribution in [3.8, 4) is 0 Å². The predicted molar refractivity (Wildman–Crippen MR) is 50.4 cm³/mol. The summed E-state index contributed by atoms with van der Waals surface area (Å²) in [6, 6.07) is 0. The van der Waals surface area contributed by atoms with Crippen LogP contribution in [0.5, 0.6) is 0 Å². The Kier molecular flexibility index (Phi) is 7.96. The van der Waals surface area contributed by atoms with Gasteiger partial charge in [0.15, 0.2) is 0 Å². The zero-order valence-corrected chi connectivity index (χ0v) is 7.68. The monoisotopic (exact) mass is 158 g/mol. The fraction of sp³-hybridized carbons (Fsp3) is 1.00. The third-order valence-electron chi connectivity index (χ3n) is 2.12. The van der Waals surface area contributed by atoms with E-state index < -0.39 is 0 Å². The molecule has 4 N–H and O–H groups in total. The van der Waals surface area contributed by atoms with Crippen LogP contribution in [-0.4, -0.2) is 13.1 Å². The van der Waals surface area contributed by atoms with Crippen LogP contribution in [0.3, 0.4) is 0 Å². The van der Waals surface area contributed by atoms with E-state index in [1.54, 1.807) is 0 Å². The van der Waals surface area contributed by atoms with E-state index in [0.29, 0.717) is 5.92 Å². The molecule has 0 aliphatic rings. The third kappa shape index (κ3) is 6.32. The largest absolute Gasteiger partial charge is 0.330 e. The lowest BCUT2D eigenvalue weighted by Crippen LogP contribution is -2.18. The quantitative estimate of drug-likeness (QED) is 0.551. The topological polar surface area (TPSA) is 52.0 Å². The van der Waals surface area contributed by atoms with Gasteiger partial charge in [-0.15, -0.1) is 0 Å². The molecule has 0 aromatic carbocycles. The molecule has 0 aliphatic carbocycles. The van der Waals surface area contributed by atoms with Crippen molar-refractivity contribution >= 4 is 0 Å². The Hall–Kier alpha value is -0.0800. The maximum absolute atomic E-state index is 5.59. The highest BCUT2D eigenvalue weighted by Gasteiger charge is 2.03. The van der Waals surface area contributed by atoms with Crippen LogP contribution in [0.2, 0.25) is 0 Å². The molecule has 2 heteroatoms. The van der Waals surface area contributed by atoms with Gasteiger partial charge in [-0.2, -0.15) is 0 Å². The second-order valence-electron chi connectivity index (χ2n) is 3.17. The van der Waals surface area contributed by atoms with Gasteiger partial charge in [0.2, 0.25) is 0 Å². The molecule has 0 saturated heterocycles. The molecular formula is C9H22N2. The molecule has 0 saturated carbocycles. The number of rotatable bonds is 7. The maximum atomic E-state index is 5.59. The fourth-order valence-corrected chi connectivity index (χ4v) is 1.30. The summed E-state index contributed by atoms with van der Waals surface area (Å²) in [5.41, 5.74) is 11.0. The lowest BCUT2D eigenvalue weighted by molar-refractivity contribution is 0.443. The second-order valence-corrected chi connectivity index (χ2v) is 3.17. The summed E-state index contributed by atoms with van der Waals surface area (Å²) in [5, 5.41) is 0. The Morgan fingerprint density at radius 1 is 1.09 bits per heavy atom. The van der Waals surface area contributed by atoms with E-state index in [9.17, 15) is 0 Å². The molecule has 0 bridgehead atoms. The summed E-state index contributed by atoms with van der Waals surface area (Å²) in [6.07, 6.45) is 6.31. The number of nitrogens with two attached hydrogens (primary N) is 2. The standard InChI is InChI=1S/C9H22N2/c1-2-3-4-5-9(8-11)6-7-10/h9H,2-8,10-11H2,1H3. The second kappa shape index (κ2) is 8.02. The van der Waals surface area contributed by atoms with Gasteiger partial charge in [-0.05, 0) is 31.8 Å². The SMILES string of the molecule is CCCCCC(CN)CCN. The van der Waals surface area contributed by atoms with Crippen LogP contribution in [0.15, 0.2) is 0 Å². The average molecular weight is 158 g/mol. The van der Waals surface area contributed by atoms with Crippen molar-refractivity contribution in [3.05, 3.63) is 0 Å². The van der Waals surface area contributed by atoms with Crippen molar-refractivity contribution < 1.29 is 0 Å². The number of hydrogen-bond donors (Lipinski definition) is 2. The molecule has 2 nitrogen and oxygen atoms in total. The van der Waals surface area contributed by atoms with E-state index in [1.165, 1.54) is 25.7 Å². The molecule has 0 fully saturated rings. The first kappa shape index (κ1) is 10.9. The molecule has 0 aromatic rings. The zero-order valence-electron chi connectivity index (χ0n) is 7.68. The number of unbranched alkanes of at least 4 members (excludes halogenated alkanes) is 2. The van der Waals surface area contributed by atoms with Gasteiger partial charge in [0.05, 0.1) is 0 Å². The molecule has 0 rings (SSSR count). The first-order chi connectivity index (χ1) is 5.35. The smallest absolute Gasteiger partial charge is 0.00484 e. The molecule has 0 aromatic heterocycles. The van der Waals surface area contributed by atoms with Crippen molar-refractivity contribution in [1.29, 1.82) is 0 Å². The van der Waals surface area contributed by atoms with Gasteiger partial charge in [0, 0.05) is 0 Å². The van der Waals surface area contributed by atoms with E-state index >= 15 is 0 Å². The van der Waals surface area contributed by atoms with E-state index in [0.717, 1.165) is 19.5 Å². The van der Waals surface area contributed by atoms with Gasteiger partial charge in [0.1, 0.15) is 0 Å². The Bertz CT molecular complexity index is 74.0. The molecule has 1 atom stereocenters. The van der Waals surface area contributed by atoms with Crippen LogP contribution in [0.1, 0.15) is 39.0 Å². The van der Waals surface area contributed by atoms with E-state index in [4.69, 9.17) is 11.5 Å². The Morgan fingerprint density at radius 3 is 2.27 bits per heavy atom. The van der Waals surface area contributed by atoms with E-state index in [2.05, 4.69) is 6.92 Å². The van der Waals surface area contributed by atoms with Crippen molar-refractivity contribution in [1.82, 2.24) is 0 Å². The molecule has 0 heterocycles. The molecule has 68 valence electrons. The highest BCUT2D eigenvalue weighted by atomic mass is 14.6. The van der Waals surface area contributed by atoms with Crippen LogP contribution >= 0.6 is 0 Å². The molecular weight excluding hydrogens is 136 g/mol. The molecule has 0 aliphatic heterocycles. The van der Waals surface area contributed by atoms with Crippen molar-refractivity contribution in [3.63, 3.8) is 0 Å². The highest BCUT2D eigenvalue weighted by molar-refractivity contribution is 4.60. The number of hydrogen-bond acceptors (Lipinski definition) is 2. The first-order valence-electron chi connectivity index (χ1n) is 4.75. The summed E-state index contributed by atoms with van der Waals surface area (Å²) >= 11 is 0. The Labute approximate surface area is 70.3 Å². The molecule has 0 spiro atoms. The minimum atomic E-state index is 0.673. The zero-order chi connectivity index (χ0) is 8.53. The van der Waals surface area contributed by atoms with Crippen molar-refractivity contribution in [2.45, 2.75) is 39.0 Å². The third-order valence-corrected chi connectivity index (χ3v) is 2.12. The summed E-state index contributed by atoms with van der Waals surface area (Å²) in [7, 11) is 0. The first-order valence-corrected chi connectivity index (χ1v) is 4.75. The predicted octanol–water partition coefficient (Wildman–Crippen LogP) is 1.49. The van der Waals surface area contributed by atoms with E-state index in [1.807, 2.05) is 0 Å². The van der Waals surface area contributed by atoms with Crippen LogP contribution in [0.4, 0.5) is 0 Å².